The second kappa shape index (κ2) is 14.3. The highest BCUT2D eigenvalue weighted by atomic mass is 35.5. The third kappa shape index (κ3) is 8.12. The van der Waals surface area contributed by atoms with Gasteiger partial charge in [-0.05, 0) is 78.7 Å². The number of para-hydroxylation sites is 2. The Balaban J connectivity index is 1.36. The summed E-state index contributed by atoms with van der Waals surface area (Å²) in [6.07, 6.45) is 1.40. The van der Waals surface area contributed by atoms with Gasteiger partial charge in [0.1, 0.15) is 18.0 Å². The molecule has 0 aliphatic carbocycles. The van der Waals surface area contributed by atoms with E-state index >= 15 is 0 Å². The minimum Gasteiger partial charge on any atom is -0.495 e. The van der Waals surface area contributed by atoms with E-state index in [1.54, 1.807) is 91.9 Å². The lowest BCUT2D eigenvalue weighted by Gasteiger charge is -2.25. The lowest BCUT2D eigenvalue weighted by atomic mass is 10.2. The minimum atomic E-state index is -4.09. The minimum absolute atomic E-state index is 0.0326. The van der Waals surface area contributed by atoms with Crippen molar-refractivity contribution in [1.82, 2.24) is 5.43 Å². The Hall–Kier alpha value is -4.87. The molecule has 0 bridgehead atoms. The predicted molar refractivity (Wildman–Crippen MR) is 166 cm³/mol. The van der Waals surface area contributed by atoms with Gasteiger partial charge in [0.15, 0.2) is 6.61 Å². The number of hydrogen-bond donors (Lipinski definition) is 2. The van der Waals surface area contributed by atoms with Crippen LogP contribution in [0, 0.1) is 6.92 Å². The molecule has 43 heavy (non-hydrogen) atoms. The van der Waals surface area contributed by atoms with Crippen molar-refractivity contribution in [3.63, 3.8) is 0 Å². The van der Waals surface area contributed by atoms with Gasteiger partial charge >= 0.3 is 0 Å². The summed E-state index contributed by atoms with van der Waals surface area (Å²) in [5.41, 5.74) is 4.33. The number of halogens is 1. The Morgan fingerprint density at radius 2 is 1.60 bits per heavy atom. The molecule has 2 N–H and O–H groups in total. The third-order valence-electron chi connectivity index (χ3n) is 6.16. The molecule has 0 aromatic heterocycles. The summed E-state index contributed by atoms with van der Waals surface area (Å²) >= 11 is 6.25. The number of sulfonamides is 1. The van der Waals surface area contributed by atoms with Crippen LogP contribution >= 0.6 is 11.6 Å². The highest BCUT2D eigenvalue weighted by Crippen LogP contribution is 2.30. The van der Waals surface area contributed by atoms with Crippen molar-refractivity contribution in [1.29, 1.82) is 0 Å². The zero-order valence-electron chi connectivity index (χ0n) is 23.4. The molecule has 222 valence electrons. The van der Waals surface area contributed by atoms with Crippen LogP contribution in [-0.2, 0) is 19.6 Å². The quantitative estimate of drug-likeness (QED) is 0.169. The van der Waals surface area contributed by atoms with Crippen LogP contribution in [0.2, 0.25) is 5.02 Å². The summed E-state index contributed by atoms with van der Waals surface area (Å²) in [4.78, 5) is 25.1. The van der Waals surface area contributed by atoms with E-state index in [9.17, 15) is 18.0 Å². The zero-order valence-corrected chi connectivity index (χ0v) is 24.9. The van der Waals surface area contributed by atoms with Crippen LogP contribution < -0.4 is 24.5 Å². The van der Waals surface area contributed by atoms with Crippen LogP contribution in [0.15, 0.2) is 107 Å². The predicted octanol–water partition coefficient (Wildman–Crippen LogP) is 5.02. The molecule has 4 aromatic carbocycles. The van der Waals surface area contributed by atoms with Crippen molar-refractivity contribution in [2.24, 2.45) is 5.10 Å². The largest absolute Gasteiger partial charge is 0.495 e. The summed E-state index contributed by atoms with van der Waals surface area (Å²) in [6.45, 7) is 0.941. The van der Waals surface area contributed by atoms with Crippen molar-refractivity contribution < 1.29 is 27.5 Å². The number of methoxy groups -OCH3 is 1. The molecule has 12 heteroatoms. The van der Waals surface area contributed by atoms with E-state index < -0.39 is 22.5 Å². The summed E-state index contributed by atoms with van der Waals surface area (Å²) < 4.78 is 38.8. The van der Waals surface area contributed by atoms with Gasteiger partial charge in [-0.1, -0.05) is 48.0 Å². The highest BCUT2D eigenvalue weighted by Gasteiger charge is 2.28. The number of nitrogens with one attached hydrogen (secondary N) is 2. The first-order valence-corrected chi connectivity index (χ1v) is 14.8. The molecule has 2 amide bonds. The van der Waals surface area contributed by atoms with Crippen LogP contribution in [0.1, 0.15) is 11.1 Å². The monoisotopic (exact) mass is 620 g/mol. The van der Waals surface area contributed by atoms with Crippen molar-refractivity contribution in [2.45, 2.75) is 11.8 Å². The Bertz CT molecular complexity index is 1710. The maximum absolute atomic E-state index is 13.5. The topological polar surface area (TPSA) is 126 Å². The van der Waals surface area contributed by atoms with Gasteiger partial charge in [0.25, 0.3) is 21.8 Å². The number of rotatable bonds is 12. The maximum atomic E-state index is 13.5. The van der Waals surface area contributed by atoms with Crippen molar-refractivity contribution >= 4 is 51.0 Å². The molecule has 0 saturated carbocycles. The molecule has 0 unspecified atom stereocenters. The maximum Gasteiger partial charge on any atom is 0.264 e. The van der Waals surface area contributed by atoms with E-state index in [0.29, 0.717) is 33.3 Å². The smallest absolute Gasteiger partial charge is 0.264 e. The fourth-order valence-corrected chi connectivity index (χ4v) is 5.63. The van der Waals surface area contributed by atoms with Crippen LogP contribution in [0.4, 0.5) is 11.4 Å². The number of amides is 2. The molecule has 0 heterocycles. The Kier molecular flexibility index (Phi) is 10.4. The van der Waals surface area contributed by atoms with Crippen LogP contribution in [-0.4, -0.2) is 46.7 Å². The number of anilines is 2. The molecule has 0 aliphatic heterocycles. The molecular weight excluding hydrogens is 592 g/mol. The molecule has 0 radical (unpaired) electrons. The van der Waals surface area contributed by atoms with Crippen molar-refractivity contribution in [3.05, 3.63) is 113 Å². The Labute approximate surface area is 254 Å². The number of hydrazone groups is 1. The van der Waals surface area contributed by atoms with E-state index in [4.69, 9.17) is 21.1 Å². The number of carbonyl (C=O) groups excluding carboxylic acids is 2. The first-order valence-electron chi connectivity index (χ1n) is 13.0. The summed E-state index contributed by atoms with van der Waals surface area (Å²) in [6, 6.07) is 26.4. The SMILES string of the molecule is COc1ccccc1NC(=O)COc1ccc(/C=N\NC(=O)CN(c2cccc(Cl)c2C)S(=O)(=O)c2ccccc2)cc1. The molecular formula is C31H29ClN4O6S. The first kappa shape index (κ1) is 31.1. The van der Waals surface area contributed by atoms with Gasteiger partial charge in [-0.2, -0.15) is 5.10 Å². The van der Waals surface area contributed by atoms with Crippen molar-refractivity contribution in [3.8, 4) is 11.5 Å². The van der Waals surface area contributed by atoms with E-state index in [1.807, 2.05) is 0 Å². The molecule has 0 spiro atoms. The first-order chi connectivity index (χ1) is 20.7. The van der Waals surface area contributed by atoms with E-state index in [2.05, 4.69) is 15.8 Å². The standard InChI is InChI=1S/C31H29ClN4O6S/c1-22-26(32)11-8-13-28(22)36(43(39,40)25-9-4-3-5-10-25)20-30(37)35-33-19-23-15-17-24(18-16-23)42-21-31(38)34-27-12-6-7-14-29(27)41-2/h3-19H,20-21H2,1-2H3,(H,34,38)(H,35,37)/b33-19-. The second-order valence-corrected chi connectivity index (χ2v) is 11.4. The van der Waals surface area contributed by atoms with Crippen molar-refractivity contribution in [2.75, 3.05) is 29.9 Å². The molecule has 0 aliphatic rings. The lowest BCUT2D eigenvalue weighted by Crippen LogP contribution is -2.40. The van der Waals surface area contributed by atoms with E-state index in [0.717, 1.165) is 4.31 Å². The fourth-order valence-electron chi connectivity index (χ4n) is 3.96. The van der Waals surface area contributed by atoms with Gasteiger partial charge in [-0.3, -0.25) is 13.9 Å². The molecule has 0 fully saturated rings. The van der Waals surface area contributed by atoms with Crippen LogP contribution in [0.25, 0.3) is 0 Å². The normalized spacial score (nSPS) is 11.1. The van der Waals surface area contributed by atoms with E-state index in [1.165, 1.54) is 25.5 Å². The molecule has 4 aromatic rings. The zero-order chi connectivity index (χ0) is 30.8. The summed E-state index contributed by atoms with van der Waals surface area (Å²) in [7, 11) is -2.57. The lowest BCUT2D eigenvalue weighted by molar-refractivity contribution is -0.119. The number of carbonyl (C=O) groups is 2. The van der Waals surface area contributed by atoms with Gasteiger partial charge in [0.05, 0.1) is 29.6 Å². The average Bonchev–Trinajstić information content (AvgIpc) is 3.01. The Morgan fingerprint density at radius 3 is 2.33 bits per heavy atom. The molecule has 10 nitrogen and oxygen atoms in total. The van der Waals surface area contributed by atoms with Gasteiger partial charge in [0, 0.05) is 5.02 Å². The summed E-state index contributed by atoms with van der Waals surface area (Å²) in [5.74, 6) is -0.0167. The van der Waals surface area contributed by atoms with Gasteiger partial charge in [-0.25, -0.2) is 13.8 Å². The highest BCUT2D eigenvalue weighted by molar-refractivity contribution is 7.92. The average molecular weight is 621 g/mol. The molecule has 0 saturated heterocycles. The van der Waals surface area contributed by atoms with Gasteiger partial charge in [-0.15, -0.1) is 0 Å². The van der Waals surface area contributed by atoms with Gasteiger partial charge in [0.2, 0.25) is 0 Å². The summed E-state index contributed by atoms with van der Waals surface area (Å²) in [5, 5.41) is 7.06. The number of nitrogens with zero attached hydrogens (tertiary/aromatic N) is 2. The number of benzene rings is 4. The Morgan fingerprint density at radius 1 is 0.907 bits per heavy atom. The van der Waals surface area contributed by atoms with Crippen LogP contribution in [0.5, 0.6) is 11.5 Å². The molecule has 0 atom stereocenters. The van der Waals surface area contributed by atoms with Crippen LogP contribution in [0.3, 0.4) is 0 Å². The third-order valence-corrected chi connectivity index (χ3v) is 8.34. The number of hydrogen-bond acceptors (Lipinski definition) is 7. The molecule has 4 rings (SSSR count). The number of ether oxygens (including phenoxy) is 2. The fraction of sp³-hybridized carbons (Fsp3) is 0.129. The van der Waals surface area contributed by atoms with Gasteiger partial charge < -0.3 is 14.8 Å². The second-order valence-electron chi connectivity index (χ2n) is 9.11. The van der Waals surface area contributed by atoms with E-state index in [-0.39, 0.29) is 23.1 Å².